The summed E-state index contributed by atoms with van der Waals surface area (Å²) < 4.78 is 38.9. The van der Waals surface area contributed by atoms with Crippen molar-refractivity contribution in [1.82, 2.24) is 9.29 Å². The maximum Gasteiger partial charge on any atom is 0.246 e. The highest BCUT2D eigenvalue weighted by molar-refractivity contribution is 7.89. The Hall–Kier alpha value is -1.50. The summed E-state index contributed by atoms with van der Waals surface area (Å²) in [6, 6.07) is 8.65. The minimum atomic E-state index is -3.76. The summed E-state index contributed by atoms with van der Waals surface area (Å²) in [5.74, 6) is -0.410. The fourth-order valence-electron chi connectivity index (χ4n) is 1.71. The quantitative estimate of drug-likeness (QED) is 0.815. The van der Waals surface area contributed by atoms with E-state index in [1.54, 1.807) is 6.07 Å². The molecule has 0 bridgehead atoms. The van der Waals surface area contributed by atoms with E-state index in [4.69, 9.17) is 11.6 Å². The van der Waals surface area contributed by atoms with E-state index >= 15 is 0 Å². The summed E-state index contributed by atoms with van der Waals surface area (Å²) in [4.78, 5) is 3.68. The topological polar surface area (TPSA) is 50.3 Å². The van der Waals surface area contributed by atoms with E-state index in [1.807, 2.05) is 0 Å². The molecule has 0 amide bonds. The van der Waals surface area contributed by atoms with Gasteiger partial charge in [0.1, 0.15) is 15.9 Å². The van der Waals surface area contributed by atoms with E-state index < -0.39 is 15.8 Å². The number of rotatable bonds is 4. The molecule has 0 spiro atoms. The Labute approximate surface area is 121 Å². The molecule has 0 saturated heterocycles. The summed E-state index contributed by atoms with van der Waals surface area (Å²) in [6.45, 7) is 0.0469. The number of aromatic nitrogens is 1. The van der Waals surface area contributed by atoms with Gasteiger partial charge in [0.2, 0.25) is 10.0 Å². The van der Waals surface area contributed by atoms with Gasteiger partial charge in [-0.1, -0.05) is 23.7 Å². The van der Waals surface area contributed by atoms with Crippen molar-refractivity contribution >= 4 is 21.6 Å². The molecule has 0 N–H and O–H groups in total. The molecule has 7 heteroatoms. The summed E-state index contributed by atoms with van der Waals surface area (Å²) in [7, 11) is -2.36. The molecule has 20 heavy (non-hydrogen) atoms. The van der Waals surface area contributed by atoms with E-state index in [1.165, 1.54) is 43.6 Å². The first-order chi connectivity index (χ1) is 9.41. The van der Waals surface area contributed by atoms with Gasteiger partial charge in [-0.15, -0.1) is 0 Å². The Morgan fingerprint density at radius 2 is 2.05 bits per heavy atom. The van der Waals surface area contributed by atoms with Crippen LogP contribution in [0.1, 0.15) is 5.56 Å². The molecule has 2 aromatic rings. The number of halogens is 2. The molecule has 0 aliphatic heterocycles. The second-order valence-corrected chi connectivity index (χ2v) is 6.55. The molecule has 0 atom stereocenters. The second-order valence-electron chi connectivity index (χ2n) is 4.18. The lowest BCUT2D eigenvalue weighted by Crippen LogP contribution is -2.27. The molecule has 2 rings (SSSR count). The van der Waals surface area contributed by atoms with Crippen LogP contribution in [0.2, 0.25) is 5.15 Å². The summed E-state index contributed by atoms with van der Waals surface area (Å²) >= 11 is 5.80. The van der Waals surface area contributed by atoms with Crippen LogP contribution < -0.4 is 0 Å². The number of hydrogen-bond donors (Lipinski definition) is 0. The average Bonchev–Trinajstić information content (AvgIpc) is 2.39. The fraction of sp³-hybridized carbons (Fsp3) is 0.154. The maximum absolute atomic E-state index is 13.1. The Balaban J connectivity index is 2.29. The van der Waals surface area contributed by atoms with Crippen LogP contribution in [0.15, 0.2) is 47.5 Å². The molecule has 0 fully saturated rings. The standard InChI is InChI=1S/C13H12ClFN2O2S/c1-17(9-10-4-2-5-11(15)8-10)20(18,19)12-6-3-7-16-13(12)14/h2-8H,9H2,1H3. The number of sulfonamides is 1. The van der Waals surface area contributed by atoms with Crippen LogP contribution in [-0.2, 0) is 16.6 Å². The molecular weight excluding hydrogens is 303 g/mol. The van der Waals surface area contributed by atoms with Gasteiger partial charge in [0, 0.05) is 19.8 Å². The van der Waals surface area contributed by atoms with E-state index in [9.17, 15) is 12.8 Å². The summed E-state index contributed by atoms with van der Waals surface area (Å²) in [5, 5.41) is -0.0846. The normalized spacial score (nSPS) is 11.8. The number of benzene rings is 1. The molecule has 0 aliphatic rings. The molecule has 0 radical (unpaired) electrons. The molecule has 0 aliphatic carbocycles. The lowest BCUT2D eigenvalue weighted by Gasteiger charge is -2.17. The minimum Gasteiger partial charge on any atom is -0.243 e. The van der Waals surface area contributed by atoms with Gasteiger partial charge in [-0.2, -0.15) is 4.31 Å². The predicted molar refractivity (Wildman–Crippen MR) is 74.3 cm³/mol. The molecule has 1 aromatic carbocycles. The van der Waals surface area contributed by atoms with Crippen LogP contribution >= 0.6 is 11.6 Å². The zero-order valence-corrected chi connectivity index (χ0v) is 12.2. The van der Waals surface area contributed by atoms with Gasteiger partial charge >= 0.3 is 0 Å². The number of nitrogens with zero attached hydrogens (tertiary/aromatic N) is 2. The zero-order valence-electron chi connectivity index (χ0n) is 10.6. The van der Waals surface area contributed by atoms with Gasteiger partial charge in [0.15, 0.2) is 0 Å². The Morgan fingerprint density at radius 3 is 2.70 bits per heavy atom. The van der Waals surface area contributed by atoms with E-state index in [2.05, 4.69) is 4.98 Å². The van der Waals surface area contributed by atoms with Gasteiger partial charge in [-0.05, 0) is 29.8 Å². The van der Waals surface area contributed by atoms with Gasteiger partial charge in [-0.3, -0.25) is 0 Å². The van der Waals surface area contributed by atoms with E-state index in [0.29, 0.717) is 5.56 Å². The summed E-state index contributed by atoms with van der Waals surface area (Å²) in [6.07, 6.45) is 1.41. The lowest BCUT2D eigenvalue weighted by molar-refractivity contribution is 0.465. The van der Waals surface area contributed by atoms with Crippen molar-refractivity contribution in [2.24, 2.45) is 0 Å². The van der Waals surface area contributed by atoms with Crippen LogP contribution in [0.5, 0.6) is 0 Å². The van der Waals surface area contributed by atoms with Crippen molar-refractivity contribution in [1.29, 1.82) is 0 Å². The van der Waals surface area contributed by atoms with E-state index in [0.717, 1.165) is 4.31 Å². The molecular formula is C13H12ClFN2O2S. The lowest BCUT2D eigenvalue weighted by atomic mass is 10.2. The van der Waals surface area contributed by atoms with Gasteiger partial charge in [0.05, 0.1) is 0 Å². The maximum atomic E-state index is 13.1. The largest absolute Gasteiger partial charge is 0.246 e. The van der Waals surface area contributed by atoms with Crippen LogP contribution in [0.25, 0.3) is 0 Å². The van der Waals surface area contributed by atoms with Crippen LogP contribution in [0.4, 0.5) is 4.39 Å². The van der Waals surface area contributed by atoms with Crippen molar-refractivity contribution in [2.45, 2.75) is 11.4 Å². The Kier molecular flexibility index (Phi) is 4.37. The molecule has 1 aromatic heterocycles. The van der Waals surface area contributed by atoms with E-state index in [-0.39, 0.29) is 16.6 Å². The molecule has 106 valence electrons. The van der Waals surface area contributed by atoms with Crippen molar-refractivity contribution in [2.75, 3.05) is 7.05 Å². The van der Waals surface area contributed by atoms with Crippen LogP contribution in [-0.4, -0.2) is 24.8 Å². The SMILES string of the molecule is CN(Cc1cccc(F)c1)S(=O)(=O)c1cccnc1Cl. The summed E-state index contributed by atoms with van der Waals surface area (Å²) in [5.41, 5.74) is 0.552. The predicted octanol–water partition coefficient (Wildman–Crippen LogP) is 2.69. The Morgan fingerprint density at radius 1 is 1.30 bits per heavy atom. The fourth-order valence-corrected chi connectivity index (χ4v) is 3.29. The van der Waals surface area contributed by atoms with Gasteiger partial charge < -0.3 is 0 Å². The highest BCUT2D eigenvalue weighted by Crippen LogP contribution is 2.22. The molecule has 0 unspecified atom stereocenters. The van der Waals surface area contributed by atoms with Gasteiger partial charge in [0.25, 0.3) is 0 Å². The smallest absolute Gasteiger partial charge is 0.243 e. The van der Waals surface area contributed by atoms with Crippen LogP contribution in [0, 0.1) is 5.82 Å². The van der Waals surface area contributed by atoms with Gasteiger partial charge in [-0.25, -0.2) is 17.8 Å². The molecule has 0 saturated carbocycles. The first-order valence-corrected chi connectivity index (χ1v) is 7.54. The third-order valence-corrected chi connectivity index (χ3v) is 4.96. The third kappa shape index (κ3) is 3.15. The molecule has 1 heterocycles. The highest BCUT2D eigenvalue weighted by Gasteiger charge is 2.24. The van der Waals surface area contributed by atoms with Crippen molar-refractivity contribution in [3.05, 3.63) is 59.1 Å². The molecule has 4 nitrogen and oxygen atoms in total. The first-order valence-electron chi connectivity index (χ1n) is 5.72. The minimum absolute atomic E-state index is 0.0469. The second kappa shape index (κ2) is 5.87. The number of hydrogen-bond acceptors (Lipinski definition) is 3. The van der Waals surface area contributed by atoms with Crippen molar-refractivity contribution < 1.29 is 12.8 Å². The zero-order chi connectivity index (χ0) is 14.8. The van der Waals surface area contributed by atoms with Crippen molar-refractivity contribution in [3.63, 3.8) is 0 Å². The Bertz CT molecular complexity index is 722. The van der Waals surface area contributed by atoms with Crippen molar-refractivity contribution in [3.8, 4) is 0 Å². The average molecular weight is 315 g/mol. The number of pyridine rings is 1. The highest BCUT2D eigenvalue weighted by atomic mass is 35.5. The van der Waals surface area contributed by atoms with Crippen LogP contribution in [0.3, 0.4) is 0 Å². The third-order valence-electron chi connectivity index (χ3n) is 2.71. The monoisotopic (exact) mass is 314 g/mol. The first kappa shape index (κ1) is 14.9.